The summed E-state index contributed by atoms with van der Waals surface area (Å²) in [6.07, 6.45) is 3.05. The number of unbranched alkanes of at least 4 members (excludes halogenated alkanes) is 1. The lowest BCUT2D eigenvalue weighted by molar-refractivity contribution is 0.0944. The van der Waals surface area contributed by atoms with Gasteiger partial charge in [0.1, 0.15) is 10.7 Å². The van der Waals surface area contributed by atoms with Crippen LogP contribution in [0.2, 0.25) is 0 Å². The molecule has 0 fully saturated rings. The first-order chi connectivity index (χ1) is 12.3. The number of ether oxygens (including phenoxy) is 1. The number of nitrogens with one attached hydrogen (secondary N) is 1. The molecule has 0 aliphatic heterocycles. The fourth-order valence-electron chi connectivity index (χ4n) is 2.70. The fourth-order valence-corrected chi connectivity index (χ4v) is 3.84. The molecule has 0 saturated carbocycles. The third-order valence-electron chi connectivity index (χ3n) is 4.24. The highest BCUT2D eigenvalue weighted by Crippen LogP contribution is 2.33. The summed E-state index contributed by atoms with van der Waals surface area (Å²) in [4.78, 5) is 23.6. The molecule has 1 N–H and O–H groups in total. The van der Waals surface area contributed by atoms with Crippen LogP contribution in [0.5, 0.6) is 0 Å². The van der Waals surface area contributed by atoms with Crippen LogP contribution in [0, 0.1) is 13.8 Å². The van der Waals surface area contributed by atoms with Gasteiger partial charge in [0.25, 0.3) is 5.91 Å². The van der Waals surface area contributed by atoms with Crippen molar-refractivity contribution in [1.29, 1.82) is 0 Å². The Balaban J connectivity index is 2.06. The van der Waals surface area contributed by atoms with Crippen LogP contribution in [0.4, 0.5) is 0 Å². The quantitative estimate of drug-likeness (QED) is 0.686. The minimum absolute atomic E-state index is 0.0317. The molecule has 0 aromatic carbocycles. The molecule has 2 aromatic rings. The van der Waals surface area contributed by atoms with E-state index in [4.69, 9.17) is 9.72 Å². The molecule has 2 rings (SSSR count). The Labute approximate surface area is 160 Å². The van der Waals surface area contributed by atoms with Crippen LogP contribution in [0.1, 0.15) is 73.7 Å². The number of carbonyl (C=O) groups is 1. The van der Waals surface area contributed by atoms with Gasteiger partial charge in [0.2, 0.25) is 0 Å². The van der Waals surface area contributed by atoms with Crippen molar-refractivity contribution < 1.29 is 9.53 Å². The van der Waals surface area contributed by atoms with E-state index >= 15 is 0 Å². The van der Waals surface area contributed by atoms with Crippen LogP contribution in [0.3, 0.4) is 0 Å². The Morgan fingerprint density at radius 2 is 1.85 bits per heavy atom. The molecule has 26 heavy (non-hydrogen) atoms. The highest BCUT2D eigenvalue weighted by Gasteiger charge is 2.23. The zero-order chi connectivity index (χ0) is 19.3. The zero-order valence-corrected chi connectivity index (χ0v) is 17.7. The summed E-state index contributed by atoms with van der Waals surface area (Å²) in [5.74, 6) is 0.788. The lowest BCUT2D eigenvalue weighted by Crippen LogP contribution is -2.25. The SMILES string of the molecule is CCCCOCCCNC(=O)c1sc2nc(C(C)(C)C)nc(C)c2c1C. The van der Waals surface area contributed by atoms with E-state index in [2.05, 4.69) is 38.0 Å². The molecule has 2 aromatic heterocycles. The van der Waals surface area contributed by atoms with Gasteiger partial charge in [-0.15, -0.1) is 11.3 Å². The average Bonchev–Trinajstić information content (AvgIpc) is 2.90. The van der Waals surface area contributed by atoms with Gasteiger partial charge >= 0.3 is 0 Å². The van der Waals surface area contributed by atoms with E-state index in [9.17, 15) is 4.79 Å². The minimum Gasteiger partial charge on any atom is -0.381 e. The summed E-state index contributed by atoms with van der Waals surface area (Å²) in [6, 6.07) is 0. The van der Waals surface area contributed by atoms with Crippen molar-refractivity contribution in [2.24, 2.45) is 0 Å². The van der Waals surface area contributed by atoms with E-state index in [1.807, 2.05) is 13.8 Å². The summed E-state index contributed by atoms with van der Waals surface area (Å²) in [5, 5.41) is 4.01. The van der Waals surface area contributed by atoms with E-state index in [1.165, 1.54) is 11.3 Å². The van der Waals surface area contributed by atoms with Gasteiger partial charge in [-0.1, -0.05) is 34.1 Å². The van der Waals surface area contributed by atoms with Crippen LogP contribution in [-0.2, 0) is 10.2 Å². The first-order valence-electron chi connectivity index (χ1n) is 9.39. The number of fused-ring (bicyclic) bond motifs is 1. The number of carbonyl (C=O) groups excluding carboxylic acids is 1. The molecule has 0 unspecified atom stereocenters. The van der Waals surface area contributed by atoms with Gasteiger partial charge in [-0.05, 0) is 32.3 Å². The number of aryl methyl sites for hydroxylation is 2. The fraction of sp³-hybridized carbons (Fsp3) is 0.650. The predicted octanol–water partition coefficient (Wildman–Crippen LogP) is 4.54. The van der Waals surface area contributed by atoms with Crippen LogP contribution in [0.15, 0.2) is 0 Å². The molecule has 0 aliphatic rings. The monoisotopic (exact) mass is 377 g/mol. The van der Waals surface area contributed by atoms with E-state index in [0.29, 0.717) is 13.2 Å². The Hall–Kier alpha value is -1.53. The largest absolute Gasteiger partial charge is 0.381 e. The second-order valence-corrected chi connectivity index (χ2v) is 8.69. The third kappa shape index (κ3) is 5.01. The molecule has 0 bridgehead atoms. The van der Waals surface area contributed by atoms with Gasteiger partial charge in [0.05, 0.1) is 10.6 Å². The van der Waals surface area contributed by atoms with Gasteiger partial charge in [-0.3, -0.25) is 4.79 Å². The van der Waals surface area contributed by atoms with E-state index in [1.54, 1.807) is 0 Å². The van der Waals surface area contributed by atoms with Crippen molar-refractivity contribution in [3.8, 4) is 0 Å². The summed E-state index contributed by atoms with van der Waals surface area (Å²) in [7, 11) is 0. The van der Waals surface area contributed by atoms with Crippen LogP contribution in [0.25, 0.3) is 10.2 Å². The Kier molecular flexibility index (Phi) is 7.12. The molecule has 1 amide bonds. The number of aromatic nitrogens is 2. The Morgan fingerprint density at radius 3 is 2.50 bits per heavy atom. The van der Waals surface area contributed by atoms with Gasteiger partial charge in [0.15, 0.2) is 0 Å². The van der Waals surface area contributed by atoms with E-state index in [0.717, 1.165) is 58.0 Å². The minimum atomic E-state index is -0.114. The zero-order valence-electron chi connectivity index (χ0n) is 16.9. The number of nitrogens with zero attached hydrogens (tertiary/aromatic N) is 2. The van der Waals surface area contributed by atoms with Crippen LogP contribution >= 0.6 is 11.3 Å². The van der Waals surface area contributed by atoms with E-state index in [-0.39, 0.29) is 11.3 Å². The van der Waals surface area contributed by atoms with Crippen molar-refractivity contribution in [3.63, 3.8) is 0 Å². The molecule has 0 atom stereocenters. The molecular weight excluding hydrogens is 346 g/mol. The predicted molar refractivity (Wildman–Crippen MR) is 108 cm³/mol. The first kappa shape index (κ1) is 20.8. The Morgan fingerprint density at radius 1 is 1.15 bits per heavy atom. The van der Waals surface area contributed by atoms with Crippen molar-refractivity contribution >= 4 is 27.5 Å². The van der Waals surface area contributed by atoms with Gasteiger partial charge in [-0.25, -0.2) is 9.97 Å². The number of thiophene rings is 1. The summed E-state index contributed by atoms with van der Waals surface area (Å²) in [6.45, 7) is 14.5. The highest BCUT2D eigenvalue weighted by molar-refractivity contribution is 7.20. The normalized spacial score (nSPS) is 11.9. The second kappa shape index (κ2) is 8.91. The maximum absolute atomic E-state index is 12.6. The number of hydrogen-bond donors (Lipinski definition) is 1. The van der Waals surface area contributed by atoms with Crippen LogP contribution in [-0.4, -0.2) is 35.6 Å². The summed E-state index contributed by atoms with van der Waals surface area (Å²) in [5.41, 5.74) is 1.80. The molecule has 0 saturated heterocycles. The molecule has 5 nitrogen and oxygen atoms in total. The van der Waals surface area contributed by atoms with Crippen LogP contribution < -0.4 is 5.32 Å². The van der Waals surface area contributed by atoms with Gasteiger partial charge in [-0.2, -0.15) is 0 Å². The van der Waals surface area contributed by atoms with Gasteiger partial charge < -0.3 is 10.1 Å². The topological polar surface area (TPSA) is 64.1 Å². The third-order valence-corrected chi connectivity index (χ3v) is 5.43. The van der Waals surface area contributed by atoms with Crippen molar-refractivity contribution in [3.05, 3.63) is 22.0 Å². The standard InChI is InChI=1S/C20H31N3O2S/c1-7-8-11-25-12-9-10-21-17(24)16-13(2)15-14(3)22-19(20(4,5)6)23-18(15)26-16/h7-12H2,1-6H3,(H,21,24). The lowest BCUT2D eigenvalue weighted by Gasteiger charge is -2.16. The van der Waals surface area contributed by atoms with Gasteiger partial charge in [0, 0.05) is 30.6 Å². The molecular formula is C20H31N3O2S. The summed E-state index contributed by atoms with van der Waals surface area (Å²) < 4.78 is 5.53. The molecule has 0 radical (unpaired) electrons. The lowest BCUT2D eigenvalue weighted by atomic mass is 9.95. The number of amides is 1. The molecule has 6 heteroatoms. The maximum atomic E-state index is 12.6. The number of rotatable bonds is 8. The van der Waals surface area contributed by atoms with Crippen molar-refractivity contribution in [1.82, 2.24) is 15.3 Å². The highest BCUT2D eigenvalue weighted by atomic mass is 32.1. The molecule has 2 heterocycles. The average molecular weight is 378 g/mol. The van der Waals surface area contributed by atoms with E-state index < -0.39 is 0 Å². The molecule has 0 aliphatic carbocycles. The maximum Gasteiger partial charge on any atom is 0.261 e. The summed E-state index contributed by atoms with van der Waals surface area (Å²) >= 11 is 1.46. The molecule has 144 valence electrons. The van der Waals surface area contributed by atoms with Crippen molar-refractivity contribution in [2.45, 2.75) is 66.2 Å². The Bertz CT molecular complexity index is 762. The first-order valence-corrected chi connectivity index (χ1v) is 10.2. The van der Waals surface area contributed by atoms with Crippen molar-refractivity contribution in [2.75, 3.05) is 19.8 Å². The molecule has 0 spiro atoms. The second-order valence-electron chi connectivity index (χ2n) is 7.69. The number of hydrogen-bond acceptors (Lipinski definition) is 5. The smallest absolute Gasteiger partial charge is 0.261 e.